The minimum absolute atomic E-state index is 0.213. The Morgan fingerprint density at radius 1 is 1.24 bits per heavy atom. The molecule has 0 aromatic heterocycles. The summed E-state index contributed by atoms with van der Waals surface area (Å²) in [5.74, 6) is 1.78. The van der Waals surface area contributed by atoms with Crippen LogP contribution in [0.5, 0.6) is 11.5 Å². The molecule has 2 aliphatic rings. The minimum Gasteiger partial charge on any atom is -0.485 e. The van der Waals surface area contributed by atoms with E-state index < -0.39 is 6.10 Å². The molecule has 1 fully saturated rings. The Bertz CT molecular complexity index is 546. The third-order valence-corrected chi connectivity index (χ3v) is 3.98. The van der Waals surface area contributed by atoms with Crippen LogP contribution in [0.3, 0.4) is 0 Å². The van der Waals surface area contributed by atoms with Crippen LogP contribution in [-0.2, 0) is 4.79 Å². The van der Waals surface area contributed by atoms with Gasteiger partial charge in [0.1, 0.15) is 6.61 Å². The summed E-state index contributed by atoms with van der Waals surface area (Å²) in [6, 6.07) is 7.35. The predicted octanol–water partition coefficient (Wildman–Crippen LogP) is 2.51. The van der Waals surface area contributed by atoms with E-state index in [0.29, 0.717) is 11.5 Å². The fourth-order valence-electron chi connectivity index (χ4n) is 2.56. The maximum Gasteiger partial charge on any atom is 0.284 e. The Labute approximate surface area is 124 Å². The van der Waals surface area contributed by atoms with Crippen LogP contribution in [0.4, 0.5) is 0 Å². The van der Waals surface area contributed by atoms with E-state index in [-0.39, 0.29) is 12.5 Å². The molecule has 1 amide bonds. The van der Waals surface area contributed by atoms with Crippen LogP contribution in [0, 0.1) is 5.92 Å². The van der Waals surface area contributed by atoms with Crippen molar-refractivity contribution in [3.63, 3.8) is 0 Å². The molecule has 1 aliphatic heterocycles. The lowest BCUT2D eigenvalue weighted by Gasteiger charge is -2.25. The van der Waals surface area contributed by atoms with Crippen LogP contribution in [0.15, 0.2) is 29.4 Å². The Balaban J connectivity index is 1.56. The van der Waals surface area contributed by atoms with Crippen LogP contribution in [0.1, 0.15) is 32.6 Å². The average molecular weight is 288 g/mol. The van der Waals surface area contributed by atoms with Gasteiger partial charge in [0.25, 0.3) is 5.91 Å². The van der Waals surface area contributed by atoms with Crippen molar-refractivity contribution in [1.82, 2.24) is 5.43 Å². The summed E-state index contributed by atoms with van der Waals surface area (Å²) in [7, 11) is 0. The zero-order chi connectivity index (χ0) is 14.7. The van der Waals surface area contributed by atoms with Gasteiger partial charge in [-0.05, 0) is 43.7 Å². The van der Waals surface area contributed by atoms with Gasteiger partial charge in [-0.3, -0.25) is 4.79 Å². The Hall–Kier alpha value is -2.04. The van der Waals surface area contributed by atoms with Gasteiger partial charge in [-0.1, -0.05) is 19.1 Å². The third-order valence-electron chi connectivity index (χ3n) is 3.98. The molecule has 1 aromatic carbocycles. The molecule has 0 radical (unpaired) electrons. The van der Waals surface area contributed by atoms with Crippen molar-refractivity contribution in [3.8, 4) is 11.5 Å². The van der Waals surface area contributed by atoms with Crippen molar-refractivity contribution in [3.05, 3.63) is 24.3 Å². The second-order valence-corrected chi connectivity index (χ2v) is 5.70. The quantitative estimate of drug-likeness (QED) is 0.851. The van der Waals surface area contributed by atoms with E-state index in [4.69, 9.17) is 9.47 Å². The summed E-state index contributed by atoms with van der Waals surface area (Å²) in [6.45, 7) is 2.46. The maximum absolute atomic E-state index is 12.1. The first kappa shape index (κ1) is 13.9. The molecule has 1 atom stereocenters. The smallest absolute Gasteiger partial charge is 0.284 e. The first-order valence-corrected chi connectivity index (χ1v) is 7.46. The number of nitrogens with zero attached hydrogens (tertiary/aromatic N) is 1. The van der Waals surface area contributed by atoms with E-state index in [2.05, 4.69) is 17.5 Å². The number of nitrogens with one attached hydrogen (secondary N) is 1. The molecule has 3 rings (SSSR count). The van der Waals surface area contributed by atoms with E-state index in [1.165, 1.54) is 0 Å². The summed E-state index contributed by atoms with van der Waals surface area (Å²) >= 11 is 0. The van der Waals surface area contributed by atoms with Gasteiger partial charge in [-0.15, -0.1) is 0 Å². The van der Waals surface area contributed by atoms with E-state index in [1.807, 2.05) is 18.2 Å². The summed E-state index contributed by atoms with van der Waals surface area (Å²) in [5.41, 5.74) is 3.68. The fourth-order valence-corrected chi connectivity index (χ4v) is 2.56. The van der Waals surface area contributed by atoms with E-state index >= 15 is 0 Å². The zero-order valence-corrected chi connectivity index (χ0v) is 12.2. The lowest BCUT2D eigenvalue weighted by atomic mass is 9.90. The highest BCUT2D eigenvalue weighted by atomic mass is 16.6. The first-order valence-electron chi connectivity index (χ1n) is 7.46. The summed E-state index contributed by atoms with van der Waals surface area (Å²) in [5, 5.41) is 4.23. The number of rotatable bonds is 2. The second kappa shape index (κ2) is 6.16. The number of fused-ring (bicyclic) bond motifs is 1. The molecule has 1 aromatic rings. The van der Waals surface area contributed by atoms with Gasteiger partial charge in [-0.25, -0.2) is 5.43 Å². The van der Waals surface area contributed by atoms with Crippen LogP contribution >= 0.6 is 0 Å². The van der Waals surface area contributed by atoms with Gasteiger partial charge in [-0.2, -0.15) is 5.10 Å². The highest BCUT2D eigenvalue weighted by Crippen LogP contribution is 2.30. The van der Waals surface area contributed by atoms with Gasteiger partial charge in [0.2, 0.25) is 6.10 Å². The number of amides is 1. The highest BCUT2D eigenvalue weighted by molar-refractivity contribution is 5.88. The second-order valence-electron chi connectivity index (χ2n) is 5.70. The number of carbonyl (C=O) groups excluding carboxylic acids is 1. The van der Waals surface area contributed by atoms with Gasteiger partial charge < -0.3 is 9.47 Å². The van der Waals surface area contributed by atoms with Crippen LogP contribution in [0.2, 0.25) is 0 Å². The molecule has 0 spiro atoms. The molecular formula is C16H20N2O3. The number of hydrogen-bond acceptors (Lipinski definition) is 4. The Morgan fingerprint density at radius 3 is 2.71 bits per heavy atom. The van der Waals surface area contributed by atoms with E-state index in [9.17, 15) is 4.79 Å². The largest absolute Gasteiger partial charge is 0.485 e. The van der Waals surface area contributed by atoms with Crippen molar-refractivity contribution >= 4 is 11.6 Å². The Morgan fingerprint density at radius 2 is 1.95 bits per heavy atom. The first-order chi connectivity index (χ1) is 10.2. The average Bonchev–Trinajstić information content (AvgIpc) is 2.53. The molecule has 0 unspecified atom stereocenters. The molecule has 112 valence electrons. The van der Waals surface area contributed by atoms with Gasteiger partial charge in [0, 0.05) is 5.71 Å². The van der Waals surface area contributed by atoms with E-state index in [0.717, 1.165) is 37.3 Å². The van der Waals surface area contributed by atoms with Crippen molar-refractivity contribution in [2.45, 2.75) is 38.7 Å². The SMILES string of the molecule is CC1CCC(=NNC(=O)[C@@H]2COc3ccccc3O2)CC1. The maximum atomic E-state index is 12.1. The summed E-state index contributed by atoms with van der Waals surface area (Å²) in [6.07, 6.45) is 3.57. The standard InChI is InChI=1S/C16H20N2O3/c1-11-6-8-12(9-7-11)17-18-16(19)15-10-20-13-4-2-3-5-14(13)21-15/h2-5,11,15H,6-10H2,1H3,(H,18,19)/t11?,15-/m0/s1. The van der Waals surface area contributed by atoms with E-state index in [1.54, 1.807) is 6.07 Å². The number of ether oxygens (including phenoxy) is 2. The van der Waals surface area contributed by atoms with Crippen LogP contribution in [0.25, 0.3) is 0 Å². The Kier molecular flexibility index (Phi) is 4.08. The summed E-state index contributed by atoms with van der Waals surface area (Å²) in [4.78, 5) is 12.1. The van der Waals surface area contributed by atoms with Gasteiger partial charge in [0.05, 0.1) is 0 Å². The number of hydrazone groups is 1. The fraction of sp³-hybridized carbons (Fsp3) is 0.500. The van der Waals surface area contributed by atoms with Gasteiger partial charge >= 0.3 is 0 Å². The molecule has 1 N–H and O–H groups in total. The van der Waals surface area contributed by atoms with Crippen molar-refractivity contribution in [2.75, 3.05) is 6.61 Å². The normalized spacial score (nSPS) is 24.3. The number of carbonyl (C=O) groups is 1. The predicted molar refractivity (Wildman–Crippen MR) is 79.6 cm³/mol. The molecule has 0 bridgehead atoms. The minimum atomic E-state index is -0.647. The molecule has 0 saturated heterocycles. The van der Waals surface area contributed by atoms with Crippen LogP contribution < -0.4 is 14.9 Å². The molecule has 1 heterocycles. The topological polar surface area (TPSA) is 59.9 Å². The third kappa shape index (κ3) is 3.35. The molecule has 1 aliphatic carbocycles. The van der Waals surface area contributed by atoms with Crippen molar-refractivity contribution in [2.24, 2.45) is 11.0 Å². The molecule has 21 heavy (non-hydrogen) atoms. The molecule has 5 heteroatoms. The molecule has 1 saturated carbocycles. The van der Waals surface area contributed by atoms with Crippen molar-refractivity contribution in [1.29, 1.82) is 0 Å². The summed E-state index contributed by atoms with van der Waals surface area (Å²) < 4.78 is 11.2. The van der Waals surface area contributed by atoms with Crippen LogP contribution in [-0.4, -0.2) is 24.3 Å². The monoisotopic (exact) mass is 288 g/mol. The number of para-hydroxylation sites is 2. The number of hydrogen-bond donors (Lipinski definition) is 1. The highest BCUT2D eigenvalue weighted by Gasteiger charge is 2.27. The number of benzene rings is 1. The van der Waals surface area contributed by atoms with Crippen molar-refractivity contribution < 1.29 is 14.3 Å². The molecular weight excluding hydrogens is 268 g/mol. The lowest BCUT2D eigenvalue weighted by Crippen LogP contribution is -2.42. The zero-order valence-electron chi connectivity index (χ0n) is 12.2. The molecule has 5 nitrogen and oxygen atoms in total. The van der Waals surface area contributed by atoms with Gasteiger partial charge in [0.15, 0.2) is 11.5 Å². The lowest BCUT2D eigenvalue weighted by molar-refractivity contribution is -0.130.